The molecule has 0 aliphatic heterocycles. The van der Waals surface area contributed by atoms with E-state index in [-0.39, 0.29) is 23.5 Å². The lowest BCUT2D eigenvalue weighted by Crippen LogP contribution is -2.44. The summed E-state index contributed by atoms with van der Waals surface area (Å²) >= 11 is 0. The molecular weight excluding hydrogens is 258 g/mol. The van der Waals surface area contributed by atoms with E-state index in [1.165, 1.54) is 12.1 Å². The largest absolute Gasteiger partial charge is 0.475 e. The third-order valence-electron chi connectivity index (χ3n) is 4.05. The lowest BCUT2D eigenvalue weighted by molar-refractivity contribution is 0.0658. The van der Waals surface area contributed by atoms with Gasteiger partial charge in [0.1, 0.15) is 0 Å². The Morgan fingerprint density at radius 3 is 2.55 bits per heavy atom. The fraction of sp³-hybridized carbons (Fsp3) is 0.600. The van der Waals surface area contributed by atoms with Gasteiger partial charge < -0.3 is 14.8 Å². The third kappa shape index (κ3) is 3.21. The second-order valence-electron chi connectivity index (χ2n) is 6.43. The van der Waals surface area contributed by atoms with E-state index in [2.05, 4.69) is 26.1 Å². The summed E-state index contributed by atoms with van der Waals surface area (Å²) in [7, 11) is 0. The van der Waals surface area contributed by atoms with Gasteiger partial charge in [-0.25, -0.2) is 4.79 Å². The van der Waals surface area contributed by atoms with E-state index in [1.807, 2.05) is 0 Å². The average Bonchev–Trinajstić information content (AvgIpc) is 2.81. The predicted octanol–water partition coefficient (Wildman–Crippen LogP) is 2.92. The first kappa shape index (κ1) is 14.6. The van der Waals surface area contributed by atoms with Crippen LogP contribution < -0.4 is 5.32 Å². The van der Waals surface area contributed by atoms with Crippen molar-refractivity contribution in [1.29, 1.82) is 0 Å². The summed E-state index contributed by atoms with van der Waals surface area (Å²) < 4.78 is 5.01. The highest BCUT2D eigenvalue weighted by atomic mass is 16.4. The Morgan fingerprint density at radius 2 is 2.00 bits per heavy atom. The fourth-order valence-corrected chi connectivity index (χ4v) is 2.98. The maximum atomic E-state index is 12.1. The van der Waals surface area contributed by atoms with Gasteiger partial charge in [-0.05, 0) is 42.7 Å². The summed E-state index contributed by atoms with van der Waals surface area (Å²) in [6.07, 6.45) is 3.07. The zero-order valence-corrected chi connectivity index (χ0v) is 12.1. The highest BCUT2D eigenvalue weighted by Gasteiger charge is 2.33. The zero-order valence-electron chi connectivity index (χ0n) is 12.1. The Hall–Kier alpha value is -1.78. The average molecular weight is 279 g/mol. The van der Waals surface area contributed by atoms with Crippen LogP contribution in [-0.4, -0.2) is 23.0 Å². The first-order valence-corrected chi connectivity index (χ1v) is 6.92. The number of hydrogen-bond donors (Lipinski definition) is 2. The lowest BCUT2D eigenvalue weighted by Gasteiger charge is -2.39. The molecule has 5 nitrogen and oxygen atoms in total. The topological polar surface area (TPSA) is 79.5 Å². The van der Waals surface area contributed by atoms with Crippen LogP contribution in [0.2, 0.25) is 0 Å². The van der Waals surface area contributed by atoms with Crippen molar-refractivity contribution in [3.63, 3.8) is 0 Å². The summed E-state index contributed by atoms with van der Waals surface area (Å²) in [6, 6.07) is 2.81. The Kier molecular flexibility index (Phi) is 3.88. The van der Waals surface area contributed by atoms with Crippen molar-refractivity contribution in [2.75, 3.05) is 0 Å². The molecular formula is C15H21NO4. The molecule has 1 saturated carbocycles. The van der Waals surface area contributed by atoms with Crippen molar-refractivity contribution >= 4 is 11.9 Å². The smallest absolute Gasteiger partial charge is 0.371 e. The minimum Gasteiger partial charge on any atom is -0.475 e. The molecule has 2 N–H and O–H groups in total. The number of carbonyl (C=O) groups is 2. The number of furan rings is 1. The van der Waals surface area contributed by atoms with Crippen molar-refractivity contribution < 1.29 is 19.1 Å². The zero-order chi connectivity index (χ0) is 14.9. The molecule has 110 valence electrons. The maximum Gasteiger partial charge on any atom is 0.371 e. The number of aromatic carboxylic acids is 1. The van der Waals surface area contributed by atoms with Crippen LogP contribution in [0, 0.1) is 11.3 Å². The minimum absolute atomic E-state index is 0.0550. The SMILES string of the molecule is CC1CC(C)(C)CCC1NC(=O)c1ccc(C(=O)O)o1. The van der Waals surface area contributed by atoms with Gasteiger partial charge >= 0.3 is 5.97 Å². The number of rotatable bonds is 3. The predicted molar refractivity (Wildman–Crippen MR) is 73.7 cm³/mol. The van der Waals surface area contributed by atoms with Crippen LogP contribution in [0.1, 0.15) is 61.1 Å². The number of nitrogens with one attached hydrogen (secondary N) is 1. The standard InChI is InChI=1S/C15H21NO4/c1-9-8-15(2,3)7-6-10(9)16-13(17)11-4-5-12(20-11)14(18)19/h4-5,9-10H,6-8H2,1-3H3,(H,16,17)(H,18,19). The molecule has 20 heavy (non-hydrogen) atoms. The summed E-state index contributed by atoms with van der Waals surface area (Å²) in [4.78, 5) is 22.8. The normalized spacial score (nSPS) is 25.1. The van der Waals surface area contributed by atoms with Gasteiger partial charge in [0.05, 0.1) is 0 Å². The molecule has 2 atom stereocenters. The Bertz CT molecular complexity index is 518. The molecule has 1 aromatic rings. The molecule has 1 aromatic heterocycles. The summed E-state index contributed by atoms with van der Waals surface area (Å²) in [5.74, 6) is -1.27. The molecule has 0 bridgehead atoms. The molecule has 1 fully saturated rings. The quantitative estimate of drug-likeness (QED) is 0.891. The monoisotopic (exact) mass is 279 g/mol. The maximum absolute atomic E-state index is 12.1. The van der Waals surface area contributed by atoms with Crippen LogP contribution in [-0.2, 0) is 0 Å². The van der Waals surface area contributed by atoms with Crippen LogP contribution in [0.15, 0.2) is 16.5 Å². The van der Waals surface area contributed by atoms with E-state index in [4.69, 9.17) is 9.52 Å². The number of carboxylic acid groups (broad SMARTS) is 1. The number of amides is 1. The molecule has 0 radical (unpaired) electrons. The van der Waals surface area contributed by atoms with Gasteiger partial charge in [-0.3, -0.25) is 4.79 Å². The van der Waals surface area contributed by atoms with E-state index < -0.39 is 5.97 Å². The van der Waals surface area contributed by atoms with Gasteiger partial charge in [-0.1, -0.05) is 20.8 Å². The van der Waals surface area contributed by atoms with Crippen molar-refractivity contribution in [3.05, 3.63) is 23.7 Å². The molecule has 5 heteroatoms. The van der Waals surface area contributed by atoms with E-state index in [1.54, 1.807) is 0 Å². The summed E-state index contributed by atoms with van der Waals surface area (Å²) in [6.45, 7) is 6.62. The second-order valence-corrected chi connectivity index (χ2v) is 6.43. The van der Waals surface area contributed by atoms with Crippen LogP contribution in [0.25, 0.3) is 0 Å². The van der Waals surface area contributed by atoms with Crippen LogP contribution in [0.5, 0.6) is 0 Å². The van der Waals surface area contributed by atoms with E-state index >= 15 is 0 Å². The molecule has 1 amide bonds. The van der Waals surface area contributed by atoms with Crippen molar-refractivity contribution in [3.8, 4) is 0 Å². The first-order chi connectivity index (χ1) is 9.28. The van der Waals surface area contributed by atoms with Gasteiger partial charge in [-0.15, -0.1) is 0 Å². The van der Waals surface area contributed by atoms with E-state index in [9.17, 15) is 9.59 Å². The molecule has 1 heterocycles. The van der Waals surface area contributed by atoms with Gasteiger partial charge in [0.2, 0.25) is 5.76 Å². The van der Waals surface area contributed by atoms with Crippen molar-refractivity contribution in [1.82, 2.24) is 5.32 Å². The minimum atomic E-state index is -1.17. The fourth-order valence-electron chi connectivity index (χ4n) is 2.98. The third-order valence-corrected chi connectivity index (χ3v) is 4.05. The molecule has 2 unspecified atom stereocenters. The van der Waals surface area contributed by atoms with Gasteiger partial charge in [0.25, 0.3) is 5.91 Å². The molecule has 1 aliphatic rings. The second kappa shape index (κ2) is 5.31. The van der Waals surface area contributed by atoms with Gasteiger partial charge in [0.15, 0.2) is 5.76 Å². The molecule has 0 saturated heterocycles. The number of carbonyl (C=O) groups excluding carboxylic acids is 1. The number of carboxylic acids is 1. The van der Waals surface area contributed by atoms with E-state index in [0.29, 0.717) is 11.3 Å². The summed E-state index contributed by atoms with van der Waals surface area (Å²) in [5.41, 5.74) is 0.321. The van der Waals surface area contributed by atoms with Gasteiger partial charge in [-0.2, -0.15) is 0 Å². The molecule has 0 aromatic carbocycles. The number of hydrogen-bond acceptors (Lipinski definition) is 3. The molecule has 1 aliphatic carbocycles. The van der Waals surface area contributed by atoms with E-state index in [0.717, 1.165) is 19.3 Å². The Balaban J connectivity index is 1.99. The van der Waals surface area contributed by atoms with Crippen molar-refractivity contribution in [2.24, 2.45) is 11.3 Å². The molecule has 2 rings (SSSR count). The highest BCUT2D eigenvalue weighted by molar-refractivity contribution is 5.93. The van der Waals surface area contributed by atoms with Crippen molar-refractivity contribution in [2.45, 2.75) is 46.1 Å². The van der Waals surface area contributed by atoms with Crippen LogP contribution in [0.4, 0.5) is 0 Å². The van der Waals surface area contributed by atoms with Crippen LogP contribution in [0.3, 0.4) is 0 Å². The highest BCUT2D eigenvalue weighted by Crippen LogP contribution is 2.38. The lowest BCUT2D eigenvalue weighted by atomic mass is 9.70. The summed E-state index contributed by atoms with van der Waals surface area (Å²) in [5, 5.41) is 11.7. The first-order valence-electron chi connectivity index (χ1n) is 6.92. The van der Waals surface area contributed by atoms with Gasteiger partial charge in [0, 0.05) is 6.04 Å². The Labute approximate surface area is 118 Å². The molecule has 0 spiro atoms. The Morgan fingerprint density at radius 1 is 1.35 bits per heavy atom. The van der Waals surface area contributed by atoms with Crippen LogP contribution >= 0.6 is 0 Å².